The number of anilines is 1. The molecule has 128 valence electrons. The summed E-state index contributed by atoms with van der Waals surface area (Å²) in [6.45, 7) is 8.21. The summed E-state index contributed by atoms with van der Waals surface area (Å²) in [6, 6.07) is 15.9. The first-order valence-electron chi connectivity index (χ1n) is 8.32. The number of Topliss-reactive ketones (excluding diaryl/α,β-unsaturated/α-hetero) is 1. The number of aryl methyl sites for hydroxylation is 1. The number of carbonyl (C=O) groups excluding carboxylic acids is 2. The predicted octanol–water partition coefficient (Wildman–Crippen LogP) is 5.21. The van der Waals surface area contributed by atoms with Crippen molar-refractivity contribution in [2.45, 2.75) is 39.0 Å². The fraction of sp³-hybridized carbons (Fsp3) is 0.300. The van der Waals surface area contributed by atoms with Gasteiger partial charge in [-0.3, -0.25) is 9.59 Å². The third kappa shape index (κ3) is 5.53. The zero-order valence-electron chi connectivity index (χ0n) is 14.8. The van der Waals surface area contributed by atoms with Crippen molar-refractivity contribution in [1.82, 2.24) is 0 Å². The van der Waals surface area contributed by atoms with Crippen LogP contribution in [0.5, 0.6) is 0 Å². The van der Waals surface area contributed by atoms with E-state index in [1.807, 2.05) is 32.9 Å². The Morgan fingerprint density at radius 2 is 1.62 bits per heavy atom. The average Bonchev–Trinajstić information content (AvgIpc) is 2.92. The van der Waals surface area contributed by atoms with Gasteiger partial charge in [0.2, 0.25) is 0 Å². The van der Waals surface area contributed by atoms with Gasteiger partial charge in [0, 0.05) is 4.90 Å². The van der Waals surface area contributed by atoms with Gasteiger partial charge >= 0.3 is 0 Å². The molecular formula is C20H25NO2S. The van der Waals surface area contributed by atoms with E-state index in [2.05, 4.69) is 36.5 Å². The lowest BCUT2D eigenvalue weighted by Gasteiger charge is -2.00. The van der Waals surface area contributed by atoms with Gasteiger partial charge in [0.05, 0.1) is 11.3 Å². The Hall–Kier alpha value is -2.07. The standard InChI is InChI=1S/C10H9NO2S.C8H10.C2H6/c1-2-14-6-3-4-8-7(5-6)9(12)10(13)11-8;1-2-8-6-4-3-5-7-8;1-2/h3-5H,2H2,1H3,(H,11,12,13);3-7H,2H2,1H3;1-2H3. The second-order valence-electron chi connectivity index (χ2n) is 4.76. The number of amides is 1. The van der Waals surface area contributed by atoms with Crippen molar-refractivity contribution in [1.29, 1.82) is 0 Å². The number of rotatable bonds is 3. The zero-order chi connectivity index (χ0) is 17.9. The molecule has 0 bridgehead atoms. The lowest BCUT2D eigenvalue weighted by molar-refractivity contribution is -0.112. The maximum atomic E-state index is 11.3. The average molecular weight is 343 g/mol. The van der Waals surface area contributed by atoms with Gasteiger partial charge in [-0.25, -0.2) is 0 Å². The highest BCUT2D eigenvalue weighted by atomic mass is 32.2. The molecular weight excluding hydrogens is 318 g/mol. The Kier molecular flexibility index (Phi) is 8.87. The molecule has 2 aromatic carbocycles. The highest BCUT2D eigenvalue weighted by Crippen LogP contribution is 2.28. The van der Waals surface area contributed by atoms with E-state index in [9.17, 15) is 9.59 Å². The Labute approximate surface area is 148 Å². The molecule has 0 spiro atoms. The Bertz CT molecular complexity index is 669. The summed E-state index contributed by atoms with van der Waals surface area (Å²) in [4.78, 5) is 23.4. The van der Waals surface area contributed by atoms with E-state index in [-0.39, 0.29) is 0 Å². The second kappa shape index (κ2) is 10.7. The van der Waals surface area contributed by atoms with Gasteiger partial charge in [0.25, 0.3) is 11.7 Å². The zero-order valence-corrected chi connectivity index (χ0v) is 15.6. The third-order valence-electron chi connectivity index (χ3n) is 3.25. The molecule has 0 aliphatic carbocycles. The van der Waals surface area contributed by atoms with E-state index in [0.29, 0.717) is 11.3 Å². The van der Waals surface area contributed by atoms with Crippen molar-refractivity contribution in [3.8, 4) is 0 Å². The monoisotopic (exact) mass is 343 g/mol. The van der Waals surface area contributed by atoms with E-state index < -0.39 is 11.7 Å². The van der Waals surface area contributed by atoms with Gasteiger partial charge in [0.15, 0.2) is 0 Å². The molecule has 1 N–H and O–H groups in total. The molecule has 0 fully saturated rings. The summed E-state index contributed by atoms with van der Waals surface area (Å²) < 4.78 is 0. The van der Waals surface area contributed by atoms with Crippen LogP contribution in [0.4, 0.5) is 5.69 Å². The van der Waals surface area contributed by atoms with Gasteiger partial charge in [-0.1, -0.05) is 58.0 Å². The Morgan fingerprint density at radius 3 is 2.17 bits per heavy atom. The van der Waals surface area contributed by atoms with Crippen molar-refractivity contribution >= 4 is 29.1 Å². The maximum absolute atomic E-state index is 11.3. The fourth-order valence-electron chi connectivity index (χ4n) is 2.09. The number of nitrogens with one attached hydrogen (secondary N) is 1. The molecule has 0 saturated heterocycles. The van der Waals surface area contributed by atoms with Crippen LogP contribution in [-0.2, 0) is 11.2 Å². The Morgan fingerprint density at radius 1 is 0.958 bits per heavy atom. The molecule has 3 nitrogen and oxygen atoms in total. The van der Waals surface area contributed by atoms with Crippen LogP contribution in [0.15, 0.2) is 53.4 Å². The van der Waals surface area contributed by atoms with Crippen LogP contribution in [-0.4, -0.2) is 17.4 Å². The SMILES string of the molecule is CC.CCSc1ccc2c(c1)C(=O)C(=O)N2.CCc1ccccc1. The van der Waals surface area contributed by atoms with Crippen LogP contribution in [0.3, 0.4) is 0 Å². The van der Waals surface area contributed by atoms with Crippen molar-refractivity contribution in [2.24, 2.45) is 0 Å². The summed E-state index contributed by atoms with van der Waals surface area (Å²) in [6.07, 6.45) is 1.14. The number of carbonyl (C=O) groups is 2. The molecule has 1 amide bonds. The van der Waals surface area contributed by atoms with Gasteiger partial charge in [-0.2, -0.15) is 0 Å². The summed E-state index contributed by atoms with van der Waals surface area (Å²) in [5, 5.41) is 2.52. The van der Waals surface area contributed by atoms with Gasteiger partial charge < -0.3 is 5.32 Å². The number of fused-ring (bicyclic) bond motifs is 1. The highest BCUT2D eigenvalue weighted by molar-refractivity contribution is 7.99. The third-order valence-corrected chi connectivity index (χ3v) is 4.13. The van der Waals surface area contributed by atoms with Crippen LogP contribution in [0.25, 0.3) is 0 Å². The largest absolute Gasteiger partial charge is 0.318 e. The minimum Gasteiger partial charge on any atom is -0.318 e. The molecule has 3 rings (SSSR count). The lowest BCUT2D eigenvalue weighted by Crippen LogP contribution is -2.12. The number of ketones is 1. The van der Waals surface area contributed by atoms with E-state index in [0.717, 1.165) is 17.1 Å². The smallest absolute Gasteiger partial charge is 0.296 e. The molecule has 0 atom stereocenters. The summed E-state index contributed by atoms with van der Waals surface area (Å²) in [7, 11) is 0. The topological polar surface area (TPSA) is 46.2 Å². The van der Waals surface area contributed by atoms with E-state index in [1.165, 1.54) is 5.56 Å². The summed E-state index contributed by atoms with van der Waals surface area (Å²) >= 11 is 1.65. The summed E-state index contributed by atoms with van der Waals surface area (Å²) in [5.41, 5.74) is 2.53. The van der Waals surface area contributed by atoms with Crippen LogP contribution in [0.1, 0.15) is 43.6 Å². The van der Waals surface area contributed by atoms with E-state index in [1.54, 1.807) is 23.9 Å². The van der Waals surface area contributed by atoms with Gasteiger partial charge in [0.1, 0.15) is 0 Å². The first-order valence-corrected chi connectivity index (χ1v) is 9.30. The minimum atomic E-state index is -0.529. The predicted molar refractivity (Wildman–Crippen MR) is 103 cm³/mol. The molecule has 1 heterocycles. The first kappa shape index (κ1) is 20.0. The van der Waals surface area contributed by atoms with Crippen molar-refractivity contribution in [3.05, 3.63) is 59.7 Å². The number of hydrogen-bond donors (Lipinski definition) is 1. The molecule has 2 aromatic rings. The van der Waals surface area contributed by atoms with Crippen LogP contribution in [0, 0.1) is 0 Å². The Balaban J connectivity index is 0.000000245. The summed E-state index contributed by atoms with van der Waals surface area (Å²) in [5.74, 6) is -0.00819. The molecule has 4 heteroatoms. The molecule has 0 aromatic heterocycles. The molecule has 1 aliphatic rings. The molecule has 0 unspecified atom stereocenters. The van der Waals surface area contributed by atoms with Crippen molar-refractivity contribution in [2.75, 3.05) is 11.1 Å². The van der Waals surface area contributed by atoms with Gasteiger partial charge in [-0.05, 0) is 35.9 Å². The number of thioether (sulfide) groups is 1. The molecule has 0 radical (unpaired) electrons. The maximum Gasteiger partial charge on any atom is 0.296 e. The minimum absolute atomic E-state index is 0.432. The van der Waals surface area contributed by atoms with Gasteiger partial charge in [-0.15, -0.1) is 11.8 Å². The van der Waals surface area contributed by atoms with E-state index >= 15 is 0 Å². The van der Waals surface area contributed by atoms with Crippen molar-refractivity contribution < 1.29 is 9.59 Å². The first-order chi connectivity index (χ1) is 11.7. The van der Waals surface area contributed by atoms with E-state index in [4.69, 9.17) is 0 Å². The van der Waals surface area contributed by atoms with Crippen LogP contribution in [0.2, 0.25) is 0 Å². The quantitative estimate of drug-likeness (QED) is 0.615. The second-order valence-corrected chi connectivity index (χ2v) is 6.10. The molecule has 24 heavy (non-hydrogen) atoms. The highest BCUT2D eigenvalue weighted by Gasteiger charge is 2.27. The molecule has 0 saturated carbocycles. The lowest BCUT2D eigenvalue weighted by atomic mass is 10.1. The van der Waals surface area contributed by atoms with Crippen LogP contribution >= 0.6 is 11.8 Å². The number of hydrogen-bond acceptors (Lipinski definition) is 3. The van der Waals surface area contributed by atoms with Crippen molar-refractivity contribution in [3.63, 3.8) is 0 Å². The fourth-order valence-corrected chi connectivity index (χ4v) is 2.79. The number of benzene rings is 2. The van der Waals surface area contributed by atoms with Crippen LogP contribution < -0.4 is 5.32 Å². The molecule has 1 aliphatic heterocycles. The normalized spacial score (nSPS) is 11.5.